The van der Waals surface area contributed by atoms with Crippen LogP contribution < -0.4 is 4.74 Å². The van der Waals surface area contributed by atoms with Crippen LogP contribution in [-0.4, -0.2) is 28.1 Å². The Morgan fingerprint density at radius 2 is 1.64 bits per heavy atom. The Kier molecular flexibility index (Phi) is 6.18. The lowest BCUT2D eigenvalue weighted by Crippen LogP contribution is -2.27. The lowest BCUT2D eigenvalue weighted by molar-refractivity contribution is 0.292. The van der Waals surface area contributed by atoms with Crippen LogP contribution in [0.15, 0.2) is 96.1 Å². The number of fused-ring (bicyclic) bond motifs is 5. The lowest BCUT2D eigenvalue weighted by Gasteiger charge is -2.34. The topological polar surface area (TPSA) is 48.6 Å². The molecule has 4 heterocycles. The van der Waals surface area contributed by atoms with Crippen LogP contribution in [-0.2, 0) is 10.2 Å². The molecule has 0 N–H and O–H groups in total. The summed E-state index contributed by atoms with van der Waals surface area (Å²) in [5.74, 6) is 3.64. The van der Waals surface area contributed by atoms with Crippen LogP contribution >= 0.6 is 0 Å². The maximum atomic E-state index is 6.81. The number of pyridine rings is 1. The van der Waals surface area contributed by atoms with Crippen molar-refractivity contribution in [3.05, 3.63) is 119 Å². The molecule has 5 heteroatoms. The molecule has 2 aliphatic heterocycles. The van der Waals surface area contributed by atoms with Crippen LogP contribution in [0.5, 0.6) is 11.5 Å². The number of hydrogen-bond acceptors (Lipinski definition) is 4. The molecule has 0 spiro atoms. The summed E-state index contributed by atoms with van der Waals surface area (Å²) in [5.41, 5.74) is 10.1. The van der Waals surface area contributed by atoms with E-state index in [1.807, 2.05) is 18.3 Å². The fourth-order valence-electron chi connectivity index (χ4n) is 7.03. The average Bonchev–Trinajstić information content (AvgIpc) is 3.65. The van der Waals surface area contributed by atoms with Gasteiger partial charge < -0.3 is 9.47 Å². The monoisotopic (exact) mass is 591 g/mol. The Bertz CT molecular complexity index is 2170. The minimum atomic E-state index is -0.166. The van der Waals surface area contributed by atoms with E-state index in [2.05, 4.69) is 119 Å². The van der Waals surface area contributed by atoms with Gasteiger partial charge in [-0.05, 0) is 78.4 Å². The third kappa shape index (κ3) is 4.36. The molecule has 224 valence electrons. The number of aryl methyl sites for hydroxylation is 2. The van der Waals surface area contributed by atoms with Crippen molar-refractivity contribution in [3.63, 3.8) is 0 Å². The number of ether oxygens (including phenoxy) is 2. The predicted octanol–water partition coefficient (Wildman–Crippen LogP) is 9.70. The summed E-state index contributed by atoms with van der Waals surface area (Å²) in [5, 5.41) is 2.46. The van der Waals surface area contributed by atoms with E-state index < -0.39 is 0 Å². The molecule has 0 aliphatic carbocycles. The minimum Gasteiger partial charge on any atom is -0.475 e. The van der Waals surface area contributed by atoms with Gasteiger partial charge in [-0.25, -0.2) is 9.98 Å². The highest BCUT2D eigenvalue weighted by Gasteiger charge is 2.36. The second kappa shape index (κ2) is 10.1. The van der Waals surface area contributed by atoms with Gasteiger partial charge in [-0.2, -0.15) is 0 Å². The molecule has 0 saturated carbocycles. The Balaban J connectivity index is 1.31. The predicted molar refractivity (Wildman–Crippen MR) is 183 cm³/mol. The number of hydrogen-bond donors (Lipinski definition) is 0. The number of nitrogens with zero attached hydrogens (tertiary/aromatic N) is 3. The molecule has 0 saturated heterocycles. The fourth-order valence-corrected chi connectivity index (χ4v) is 7.03. The Hall–Kier alpha value is -4.90. The molecule has 45 heavy (non-hydrogen) atoms. The van der Waals surface area contributed by atoms with Crippen LogP contribution in [0.1, 0.15) is 55.5 Å². The molecular formula is C40H37N3O2. The molecular weight excluding hydrogens is 554 g/mol. The zero-order valence-corrected chi connectivity index (χ0v) is 26.7. The molecule has 0 radical (unpaired) electrons. The third-order valence-electron chi connectivity index (χ3n) is 9.58. The normalized spacial score (nSPS) is 16.6. The molecule has 6 aromatic rings. The van der Waals surface area contributed by atoms with Gasteiger partial charge in [-0.1, -0.05) is 75.7 Å². The molecule has 0 fully saturated rings. The number of benzene rings is 4. The van der Waals surface area contributed by atoms with E-state index >= 15 is 0 Å². The summed E-state index contributed by atoms with van der Waals surface area (Å²) in [6.07, 6.45) is 1.89. The standard InChI is InChI=1S/C40H37N3O2/c1-23(2)34-22-44-39(42-34)28-18-27(26-11-8-7-9-12-26)19-29(20-28)45-36-21-35-30(17-25(36)4)31-15-24(3)16-33-37(31)43(35)38-32(40(33,5)6)13-10-14-41-38/h7-21,23,34H,22H2,1-6H3/t34-/m0/s1. The van der Waals surface area contributed by atoms with Gasteiger partial charge in [-0.15, -0.1) is 0 Å². The summed E-state index contributed by atoms with van der Waals surface area (Å²) in [7, 11) is 0. The Morgan fingerprint density at radius 1 is 0.844 bits per heavy atom. The highest BCUT2D eigenvalue weighted by Crippen LogP contribution is 2.48. The van der Waals surface area contributed by atoms with Crippen molar-refractivity contribution >= 4 is 27.7 Å². The summed E-state index contributed by atoms with van der Waals surface area (Å²) < 4.78 is 15.3. The van der Waals surface area contributed by atoms with Crippen LogP contribution in [0, 0.1) is 19.8 Å². The van der Waals surface area contributed by atoms with Gasteiger partial charge in [0, 0.05) is 39.6 Å². The van der Waals surface area contributed by atoms with Crippen molar-refractivity contribution in [2.75, 3.05) is 6.61 Å². The third-order valence-corrected chi connectivity index (χ3v) is 9.58. The van der Waals surface area contributed by atoms with Gasteiger partial charge in [-0.3, -0.25) is 4.57 Å². The zero-order chi connectivity index (χ0) is 31.0. The Labute approximate surface area is 264 Å². The highest BCUT2D eigenvalue weighted by molar-refractivity contribution is 6.12. The van der Waals surface area contributed by atoms with Gasteiger partial charge in [0.2, 0.25) is 5.90 Å². The van der Waals surface area contributed by atoms with Crippen molar-refractivity contribution in [2.24, 2.45) is 10.9 Å². The molecule has 5 nitrogen and oxygen atoms in total. The number of aliphatic imine (C=N–C) groups is 1. The van der Waals surface area contributed by atoms with E-state index in [-0.39, 0.29) is 11.5 Å². The molecule has 0 amide bonds. The van der Waals surface area contributed by atoms with Gasteiger partial charge in [0.1, 0.15) is 23.9 Å². The summed E-state index contributed by atoms with van der Waals surface area (Å²) in [6, 6.07) is 30.2. The average molecular weight is 592 g/mol. The van der Waals surface area contributed by atoms with Gasteiger partial charge >= 0.3 is 0 Å². The van der Waals surface area contributed by atoms with Crippen molar-refractivity contribution in [1.29, 1.82) is 0 Å². The molecule has 0 bridgehead atoms. The summed E-state index contributed by atoms with van der Waals surface area (Å²) in [6.45, 7) is 13.9. The largest absolute Gasteiger partial charge is 0.475 e. The molecule has 0 unspecified atom stereocenters. The van der Waals surface area contributed by atoms with E-state index in [1.165, 1.54) is 33.0 Å². The summed E-state index contributed by atoms with van der Waals surface area (Å²) in [4.78, 5) is 9.86. The van der Waals surface area contributed by atoms with Crippen LogP contribution in [0.3, 0.4) is 0 Å². The first kappa shape index (κ1) is 27.6. The number of aromatic nitrogens is 2. The first-order chi connectivity index (χ1) is 21.7. The van der Waals surface area contributed by atoms with Crippen LogP contribution in [0.25, 0.3) is 38.8 Å². The smallest absolute Gasteiger partial charge is 0.216 e. The highest BCUT2D eigenvalue weighted by atomic mass is 16.5. The van der Waals surface area contributed by atoms with Gasteiger partial charge in [0.15, 0.2) is 0 Å². The SMILES string of the molecule is Cc1cc2c3c(c1)c1cc(C)c(Oc4cc(C5=N[C@H](C(C)C)CO5)cc(-c5ccccc5)c4)cc1n3-c1ncccc1C2(C)C. The van der Waals surface area contributed by atoms with E-state index in [0.29, 0.717) is 18.4 Å². The summed E-state index contributed by atoms with van der Waals surface area (Å²) >= 11 is 0. The quantitative estimate of drug-likeness (QED) is 0.201. The van der Waals surface area contributed by atoms with Crippen LogP contribution in [0.4, 0.5) is 0 Å². The van der Waals surface area contributed by atoms with Gasteiger partial charge in [0.25, 0.3) is 0 Å². The van der Waals surface area contributed by atoms with E-state index in [9.17, 15) is 0 Å². The zero-order valence-electron chi connectivity index (χ0n) is 26.7. The fraction of sp³-hybridized carbons (Fsp3) is 0.250. The van der Waals surface area contributed by atoms with Gasteiger partial charge in [0.05, 0.1) is 17.1 Å². The van der Waals surface area contributed by atoms with Crippen molar-refractivity contribution < 1.29 is 9.47 Å². The lowest BCUT2D eigenvalue weighted by atomic mass is 9.75. The van der Waals surface area contributed by atoms with E-state index in [1.54, 1.807) is 0 Å². The first-order valence-corrected chi connectivity index (χ1v) is 15.8. The molecule has 2 aromatic heterocycles. The second-order valence-corrected chi connectivity index (χ2v) is 13.4. The molecule has 4 aromatic carbocycles. The first-order valence-electron chi connectivity index (χ1n) is 15.8. The minimum absolute atomic E-state index is 0.157. The number of rotatable bonds is 5. The molecule has 8 rings (SSSR count). The van der Waals surface area contributed by atoms with E-state index in [4.69, 9.17) is 19.5 Å². The van der Waals surface area contributed by atoms with Crippen molar-refractivity contribution in [3.8, 4) is 28.4 Å². The maximum absolute atomic E-state index is 6.81. The van der Waals surface area contributed by atoms with Crippen LogP contribution in [0.2, 0.25) is 0 Å². The molecule has 1 atom stereocenters. The molecule has 2 aliphatic rings. The Morgan fingerprint density at radius 3 is 2.42 bits per heavy atom. The second-order valence-electron chi connectivity index (χ2n) is 13.4. The van der Waals surface area contributed by atoms with Crippen molar-refractivity contribution in [2.45, 2.75) is 53.0 Å². The van der Waals surface area contributed by atoms with Crippen molar-refractivity contribution in [1.82, 2.24) is 9.55 Å². The van der Waals surface area contributed by atoms with E-state index in [0.717, 1.165) is 45.1 Å². The maximum Gasteiger partial charge on any atom is 0.216 e.